The fraction of sp³-hybridized carbons (Fsp3) is 0.714. The Labute approximate surface area is 124 Å². The fourth-order valence-electron chi connectivity index (χ4n) is 2.44. The van der Waals surface area contributed by atoms with Crippen LogP contribution in [0.3, 0.4) is 0 Å². The van der Waals surface area contributed by atoms with Gasteiger partial charge in [0.2, 0.25) is 0 Å². The van der Waals surface area contributed by atoms with Crippen molar-refractivity contribution in [1.82, 2.24) is 5.32 Å². The van der Waals surface area contributed by atoms with E-state index < -0.39 is 0 Å². The van der Waals surface area contributed by atoms with Crippen LogP contribution in [0.15, 0.2) is 12.1 Å². The normalized spacial score (nSPS) is 27.6. The number of thiophene rings is 1. The summed E-state index contributed by atoms with van der Waals surface area (Å²) in [5.74, 6) is 0. The zero-order chi connectivity index (χ0) is 13.7. The molecule has 1 aliphatic heterocycles. The Morgan fingerprint density at radius 3 is 2.74 bits per heavy atom. The molecule has 0 spiro atoms. The quantitative estimate of drug-likeness (QED) is 0.816. The number of nitrogens with one attached hydrogen (secondary N) is 1. The Morgan fingerprint density at radius 2 is 2.11 bits per heavy atom. The van der Waals surface area contributed by atoms with Crippen molar-refractivity contribution in [3.63, 3.8) is 0 Å². The largest absolute Gasteiger partial charge is 0.377 e. The number of ether oxygens (including phenoxy) is 2. The number of halogens is 1. The van der Waals surface area contributed by atoms with E-state index in [9.17, 15) is 0 Å². The summed E-state index contributed by atoms with van der Waals surface area (Å²) in [6.45, 7) is 6.72. The molecule has 2 atom stereocenters. The summed E-state index contributed by atoms with van der Waals surface area (Å²) in [5, 5.41) is 3.37. The number of hydrogen-bond donors (Lipinski definition) is 1. The van der Waals surface area contributed by atoms with Crippen LogP contribution in [0.1, 0.15) is 31.6 Å². The molecule has 1 fully saturated rings. The van der Waals surface area contributed by atoms with Crippen LogP contribution in [0.5, 0.6) is 0 Å². The van der Waals surface area contributed by atoms with Crippen molar-refractivity contribution >= 4 is 22.9 Å². The monoisotopic (exact) mass is 303 g/mol. The molecule has 0 saturated carbocycles. The van der Waals surface area contributed by atoms with Gasteiger partial charge in [0.15, 0.2) is 0 Å². The molecule has 0 aromatic carbocycles. The van der Waals surface area contributed by atoms with Crippen LogP contribution in [-0.2, 0) is 16.0 Å². The van der Waals surface area contributed by atoms with Crippen molar-refractivity contribution in [2.75, 3.05) is 13.2 Å². The van der Waals surface area contributed by atoms with E-state index in [0.29, 0.717) is 18.3 Å². The summed E-state index contributed by atoms with van der Waals surface area (Å²) < 4.78 is 12.4. The molecule has 2 unspecified atom stereocenters. The van der Waals surface area contributed by atoms with Gasteiger partial charge in [-0.3, -0.25) is 0 Å². The highest BCUT2D eigenvalue weighted by molar-refractivity contribution is 7.16. The van der Waals surface area contributed by atoms with Gasteiger partial charge in [-0.15, -0.1) is 11.3 Å². The first-order valence-corrected chi connectivity index (χ1v) is 8.05. The average molecular weight is 304 g/mol. The lowest BCUT2D eigenvalue weighted by Gasteiger charge is -2.32. The smallest absolute Gasteiger partial charge is 0.0931 e. The molecule has 0 amide bonds. The zero-order valence-corrected chi connectivity index (χ0v) is 13.1. The maximum absolute atomic E-state index is 5.90. The first-order chi connectivity index (χ1) is 9.13. The van der Waals surface area contributed by atoms with Crippen LogP contribution in [0.4, 0.5) is 0 Å². The van der Waals surface area contributed by atoms with Gasteiger partial charge in [-0.25, -0.2) is 0 Å². The van der Waals surface area contributed by atoms with Gasteiger partial charge in [0.1, 0.15) is 0 Å². The van der Waals surface area contributed by atoms with E-state index in [1.807, 2.05) is 6.07 Å². The van der Waals surface area contributed by atoms with Crippen molar-refractivity contribution in [2.24, 2.45) is 0 Å². The third kappa shape index (κ3) is 5.40. The Kier molecular flexibility index (Phi) is 6.10. The van der Waals surface area contributed by atoms with E-state index in [0.717, 1.165) is 36.9 Å². The Morgan fingerprint density at radius 1 is 1.37 bits per heavy atom. The number of hydrogen-bond acceptors (Lipinski definition) is 4. The van der Waals surface area contributed by atoms with E-state index >= 15 is 0 Å². The van der Waals surface area contributed by atoms with Gasteiger partial charge >= 0.3 is 0 Å². The Hall–Kier alpha value is -0.130. The lowest BCUT2D eigenvalue weighted by molar-refractivity contribution is -0.101. The third-order valence-corrected chi connectivity index (χ3v) is 4.45. The van der Waals surface area contributed by atoms with Crippen LogP contribution in [0.2, 0.25) is 4.34 Å². The highest BCUT2D eigenvalue weighted by Gasteiger charge is 2.24. The Balaban J connectivity index is 1.56. The molecule has 0 radical (unpaired) electrons. The van der Waals surface area contributed by atoms with Gasteiger partial charge in [-0.05, 0) is 38.8 Å². The maximum atomic E-state index is 5.90. The molecule has 2 heterocycles. The Bertz CT molecular complexity index is 375. The molecule has 1 saturated heterocycles. The van der Waals surface area contributed by atoms with Crippen molar-refractivity contribution in [3.05, 3.63) is 21.3 Å². The van der Waals surface area contributed by atoms with Crippen LogP contribution in [-0.4, -0.2) is 31.5 Å². The molecule has 108 valence electrons. The van der Waals surface area contributed by atoms with Gasteiger partial charge in [0.05, 0.1) is 29.3 Å². The molecule has 19 heavy (non-hydrogen) atoms. The fourth-order valence-corrected chi connectivity index (χ4v) is 3.49. The van der Waals surface area contributed by atoms with Gasteiger partial charge < -0.3 is 14.8 Å². The summed E-state index contributed by atoms with van der Waals surface area (Å²) in [5.41, 5.74) is 0. The molecule has 3 nitrogen and oxygen atoms in total. The van der Waals surface area contributed by atoms with E-state index in [1.54, 1.807) is 11.3 Å². The van der Waals surface area contributed by atoms with Crippen LogP contribution in [0.25, 0.3) is 0 Å². The molecule has 2 rings (SSSR count). The van der Waals surface area contributed by atoms with Crippen LogP contribution < -0.4 is 5.32 Å². The van der Waals surface area contributed by atoms with Gasteiger partial charge in [-0.2, -0.15) is 0 Å². The first kappa shape index (κ1) is 15.3. The summed E-state index contributed by atoms with van der Waals surface area (Å²) in [6.07, 6.45) is 2.98. The highest BCUT2D eigenvalue weighted by Crippen LogP contribution is 2.22. The van der Waals surface area contributed by atoms with Gasteiger partial charge in [-0.1, -0.05) is 11.6 Å². The van der Waals surface area contributed by atoms with Crippen LogP contribution >= 0.6 is 22.9 Å². The van der Waals surface area contributed by atoms with Crippen molar-refractivity contribution in [3.8, 4) is 0 Å². The van der Waals surface area contributed by atoms with E-state index in [1.165, 1.54) is 4.88 Å². The molecular weight excluding hydrogens is 282 g/mol. The molecule has 1 aromatic rings. The minimum absolute atomic E-state index is 0.315. The van der Waals surface area contributed by atoms with Gasteiger partial charge in [0.25, 0.3) is 0 Å². The molecule has 0 bridgehead atoms. The number of rotatable bonds is 6. The van der Waals surface area contributed by atoms with E-state index in [2.05, 4.69) is 25.2 Å². The average Bonchev–Trinajstić information content (AvgIpc) is 2.73. The van der Waals surface area contributed by atoms with Gasteiger partial charge in [0, 0.05) is 18.0 Å². The predicted octanol–water partition coefficient (Wildman–Crippen LogP) is 3.46. The minimum atomic E-state index is 0.315. The highest BCUT2D eigenvalue weighted by atomic mass is 35.5. The molecule has 5 heteroatoms. The second-order valence-electron chi connectivity index (χ2n) is 5.10. The van der Waals surface area contributed by atoms with Crippen molar-refractivity contribution < 1.29 is 9.47 Å². The standard InChI is InChI=1S/C14H22ClNO2S/c1-10-7-12(8-11(2)18-10)17-6-5-16-9-13-3-4-14(15)19-13/h3-4,10-12,16H,5-9H2,1-2H3. The van der Waals surface area contributed by atoms with Crippen LogP contribution in [0, 0.1) is 0 Å². The summed E-state index contributed by atoms with van der Waals surface area (Å²) >= 11 is 7.50. The zero-order valence-electron chi connectivity index (χ0n) is 11.5. The first-order valence-electron chi connectivity index (χ1n) is 6.85. The van der Waals surface area contributed by atoms with Crippen molar-refractivity contribution in [1.29, 1.82) is 0 Å². The summed E-state index contributed by atoms with van der Waals surface area (Å²) in [6, 6.07) is 3.99. The molecular formula is C14H22ClNO2S. The van der Waals surface area contributed by atoms with Crippen molar-refractivity contribution in [2.45, 2.75) is 51.5 Å². The lowest BCUT2D eigenvalue weighted by Crippen LogP contribution is -2.35. The molecule has 0 aliphatic carbocycles. The molecule has 1 aliphatic rings. The second-order valence-corrected chi connectivity index (χ2v) is 6.90. The minimum Gasteiger partial charge on any atom is -0.377 e. The third-order valence-electron chi connectivity index (χ3n) is 3.21. The topological polar surface area (TPSA) is 30.5 Å². The maximum Gasteiger partial charge on any atom is 0.0931 e. The summed E-state index contributed by atoms with van der Waals surface area (Å²) in [7, 11) is 0. The molecule has 1 N–H and O–H groups in total. The predicted molar refractivity (Wildman–Crippen MR) is 80.0 cm³/mol. The van der Waals surface area contributed by atoms with E-state index in [-0.39, 0.29) is 0 Å². The lowest BCUT2D eigenvalue weighted by atomic mass is 10.0. The van der Waals surface area contributed by atoms with E-state index in [4.69, 9.17) is 21.1 Å². The SMILES string of the molecule is CC1CC(OCCNCc2ccc(Cl)s2)CC(C)O1. The second kappa shape index (κ2) is 7.60. The summed E-state index contributed by atoms with van der Waals surface area (Å²) in [4.78, 5) is 1.26. The molecule has 1 aromatic heterocycles.